The number of hydrogen-bond donors (Lipinski definition) is 2. The van der Waals surface area contributed by atoms with Gasteiger partial charge in [0.2, 0.25) is 0 Å². The highest BCUT2D eigenvalue weighted by Gasteiger charge is 2.23. The van der Waals surface area contributed by atoms with Gasteiger partial charge in [0.1, 0.15) is 17.3 Å². The lowest BCUT2D eigenvalue weighted by Crippen LogP contribution is -2.40. The number of ether oxygens (including phenoxy) is 3. The van der Waals surface area contributed by atoms with Crippen LogP contribution in [0.2, 0.25) is 0 Å². The molecule has 0 fully saturated rings. The van der Waals surface area contributed by atoms with Crippen LogP contribution in [0.25, 0.3) is 0 Å². The number of aromatic nitrogens is 2. The van der Waals surface area contributed by atoms with Crippen molar-refractivity contribution in [1.82, 2.24) is 9.97 Å². The molecule has 0 amide bonds. The second-order valence-electron chi connectivity index (χ2n) is 6.53. The fraction of sp³-hybridized carbons (Fsp3) is 0.474. The lowest BCUT2D eigenvalue weighted by Gasteiger charge is -2.30. The van der Waals surface area contributed by atoms with Crippen molar-refractivity contribution < 1.29 is 14.2 Å². The number of benzene rings is 1. The molecule has 1 aromatic heterocycles. The third-order valence-corrected chi connectivity index (χ3v) is 4.51. The maximum atomic E-state index is 6.43. The van der Waals surface area contributed by atoms with Crippen LogP contribution in [0.15, 0.2) is 18.2 Å². The van der Waals surface area contributed by atoms with Gasteiger partial charge in [0, 0.05) is 21.3 Å². The predicted molar refractivity (Wildman–Crippen MR) is 111 cm³/mol. The van der Waals surface area contributed by atoms with Gasteiger partial charge >= 0.3 is 0 Å². The highest BCUT2D eigenvalue weighted by atomic mass is 16.5. The van der Waals surface area contributed by atoms with Gasteiger partial charge in [0.15, 0.2) is 11.6 Å². The van der Waals surface area contributed by atoms with E-state index < -0.39 is 0 Å². The highest BCUT2D eigenvalue weighted by molar-refractivity contribution is 5.80. The van der Waals surface area contributed by atoms with Crippen LogP contribution in [0.3, 0.4) is 0 Å². The summed E-state index contributed by atoms with van der Waals surface area (Å²) in [5.41, 5.74) is 8.51. The van der Waals surface area contributed by atoms with E-state index in [0.29, 0.717) is 36.4 Å². The van der Waals surface area contributed by atoms with E-state index in [2.05, 4.69) is 9.97 Å². The number of aryl methyl sites for hydroxylation is 2. The van der Waals surface area contributed by atoms with Crippen LogP contribution in [0, 0.1) is 13.8 Å². The molecule has 28 heavy (non-hydrogen) atoms. The van der Waals surface area contributed by atoms with Crippen molar-refractivity contribution in [1.29, 1.82) is 0 Å². The van der Waals surface area contributed by atoms with Crippen LogP contribution in [0.4, 0.5) is 23.0 Å². The van der Waals surface area contributed by atoms with E-state index >= 15 is 0 Å². The summed E-state index contributed by atoms with van der Waals surface area (Å²) < 4.78 is 15.9. The molecule has 0 bridgehead atoms. The maximum absolute atomic E-state index is 6.43. The minimum absolute atomic E-state index is 0.0617. The highest BCUT2D eigenvalue weighted by Crippen LogP contribution is 2.34. The lowest BCUT2D eigenvalue weighted by molar-refractivity contribution is 0.117. The largest absolute Gasteiger partial charge is 0.497 e. The third kappa shape index (κ3) is 4.61. The second-order valence-corrected chi connectivity index (χ2v) is 6.53. The van der Waals surface area contributed by atoms with Crippen LogP contribution < -0.4 is 26.2 Å². The Balaban J connectivity index is 2.46. The van der Waals surface area contributed by atoms with E-state index in [1.165, 1.54) is 5.01 Å². The molecule has 0 aliphatic heterocycles. The minimum atomic E-state index is -0.0617. The van der Waals surface area contributed by atoms with Gasteiger partial charge in [0.05, 0.1) is 32.1 Å². The summed E-state index contributed by atoms with van der Waals surface area (Å²) in [6.45, 7) is 4.68. The minimum Gasteiger partial charge on any atom is -0.497 e. The van der Waals surface area contributed by atoms with Crippen molar-refractivity contribution in [3.8, 4) is 5.75 Å². The number of nitrogen functional groups attached to an aromatic ring is 1. The molecule has 4 N–H and O–H groups in total. The van der Waals surface area contributed by atoms with Gasteiger partial charge in [-0.3, -0.25) is 5.01 Å². The molecule has 2 aromatic rings. The Morgan fingerprint density at radius 1 is 1.04 bits per heavy atom. The molecule has 9 heteroatoms. The Morgan fingerprint density at radius 2 is 1.64 bits per heavy atom. The van der Waals surface area contributed by atoms with Crippen molar-refractivity contribution >= 4 is 23.0 Å². The summed E-state index contributed by atoms with van der Waals surface area (Å²) in [6.07, 6.45) is 0. The summed E-state index contributed by atoms with van der Waals surface area (Å²) in [5.74, 6) is 8.70. The van der Waals surface area contributed by atoms with Gasteiger partial charge in [-0.2, -0.15) is 0 Å². The molecule has 154 valence electrons. The molecular weight excluding hydrogens is 360 g/mol. The standard InChI is InChI=1S/C19H30N6O3/c1-12-9-15(28-6)7-8-16(12)25(21)19-17(20)18(22-13(2)23-19)24(3)14(10-26-4)11-27-5/h7-9,14H,10-11,20-21H2,1-6H3. The predicted octanol–water partition coefficient (Wildman–Crippen LogP) is 1.79. The van der Waals surface area contributed by atoms with Crippen molar-refractivity contribution in [2.24, 2.45) is 5.84 Å². The number of rotatable bonds is 9. The monoisotopic (exact) mass is 390 g/mol. The Morgan fingerprint density at radius 3 is 2.18 bits per heavy atom. The van der Waals surface area contributed by atoms with Gasteiger partial charge in [0.25, 0.3) is 0 Å². The van der Waals surface area contributed by atoms with Gasteiger partial charge in [-0.1, -0.05) is 0 Å². The first-order valence-corrected chi connectivity index (χ1v) is 8.88. The van der Waals surface area contributed by atoms with Crippen molar-refractivity contribution in [3.05, 3.63) is 29.6 Å². The van der Waals surface area contributed by atoms with Crippen LogP contribution >= 0.6 is 0 Å². The Bertz CT molecular complexity index is 795. The maximum Gasteiger partial charge on any atom is 0.176 e. The Kier molecular flexibility index (Phi) is 7.38. The number of methoxy groups -OCH3 is 3. The molecule has 1 aromatic carbocycles. The molecule has 0 saturated heterocycles. The summed E-state index contributed by atoms with van der Waals surface area (Å²) in [5, 5.41) is 1.47. The smallest absolute Gasteiger partial charge is 0.176 e. The molecule has 0 unspecified atom stereocenters. The van der Waals surface area contributed by atoms with Crippen LogP contribution in [-0.2, 0) is 9.47 Å². The molecular formula is C19H30N6O3. The Labute approximate surface area is 166 Å². The zero-order chi connectivity index (χ0) is 20.8. The second kappa shape index (κ2) is 9.54. The fourth-order valence-corrected chi connectivity index (χ4v) is 2.97. The van der Waals surface area contributed by atoms with E-state index in [0.717, 1.165) is 17.0 Å². The fourth-order valence-electron chi connectivity index (χ4n) is 2.97. The normalized spacial score (nSPS) is 11.0. The lowest BCUT2D eigenvalue weighted by atomic mass is 10.2. The third-order valence-electron chi connectivity index (χ3n) is 4.51. The average Bonchev–Trinajstić information content (AvgIpc) is 2.68. The average molecular weight is 390 g/mol. The van der Waals surface area contributed by atoms with Crippen LogP contribution in [-0.4, -0.2) is 57.6 Å². The van der Waals surface area contributed by atoms with Gasteiger partial charge in [-0.25, -0.2) is 15.8 Å². The zero-order valence-electron chi connectivity index (χ0n) is 17.4. The van der Waals surface area contributed by atoms with E-state index in [1.807, 2.05) is 37.1 Å². The van der Waals surface area contributed by atoms with Gasteiger partial charge in [-0.05, 0) is 37.6 Å². The molecule has 0 saturated carbocycles. The molecule has 0 aliphatic rings. The summed E-state index contributed by atoms with van der Waals surface area (Å²) in [6, 6.07) is 5.55. The summed E-state index contributed by atoms with van der Waals surface area (Å²) >= 11 is 0. The molecule has 1 heterocycles. The number of nitrogens with zero attached hydrogens (tertiary/aromatic N) is 4. The van der Waals surface area contributed by atoms with E-state index in [-0.39, 0.29) is 6.04 Å². The van der Waals surface area contributed by atoms with E-state index in [4.69, 9.17) is 25.8 Å². The van der Waals surface area contributed by atoms with Gasteiger partial charge < -0.3 is 24.8 Å². The number of likely N-dealkylation sites (N-methyl/N-ethyl adjacent to an activating group) is 1. The van der Waals surface area contributed by atoms with Crippen LogP contribution in [0.1, 0.15) is 11.4 Å². The quantitative estimate of drug-likeness (QED) is 0.489. The topological polar surface area (TPSA) is 112 Å². The first-order valence-electron chi connectivity index (χ1n) is 8.88. The molecule has 2 rings (SSSR count). The SMILES string of the molecule is COCC(COC)N(C)c1nc(C)nc(N(N)c2ccc(OC)cc2C)c1N. The van der Waals surface area contributed by atoms with E-state index in [9.17, 15) is 0 Å². The summed E-state index contributed by atoms with van der Waals surface area (Å²) in [4.78, 5) is 10.9. The molecule has 9 nitrogen and oxygen atoms in total. The molecule has 0 atom stereocenters. The first kappa shape index (κ1) is 21.7. The molecule has 0 aliphatic carbocycles. The molecule has 0 spiro atoms. The number of anilines is 4. The van der Waals surface area contributed by atoms with Crippen molar-refractivity contribution in [2.75, 3.05) is 57.2 Å². The molecule has 0 radical (unpaired) electrons. The van der Waals surface area contributed by atoms with Gasteiger partial charge in [-0.15, -0.1) is 0 Å². The van der Waals surface area contributed by atoms with Crippen LogP contribution in [0.5, 0.6) is 5.75 Å². The van der Waals surface area contributed by atoms with Crippen molar-refractivity contribution in [3.63, 3.8) is 0 Å². The number of nitrogens with two attached hydrogens (primary N) is 2. The van der Waals surface area contributed by atoms with E-state index in [1.54, 1.807) is 28.3 Å². The van der Waals surface area contributed by atoms with Crippen molar-refractivity contribution in [2.45, 2.75) is 19.9 Å². The summed E-state index contributed by atoms with van der Waals surface area (Å²) in [7, 11) is 6.80. The first-order chi connectivity index (χ1) is 13.3. The number of hydrazine groups is 1. The Hall–Kier alpha value is -2.62. The zero-order valence-corrected chi connectivity index (χ0v) is 17.4. The number of hydrogen-bond acceptors (Lipinski definition) is 9.